The molecule has 2 N–H and O–H groups in total. The molecule has 0 aromatic carbocycles. The van der Waals surface area contributed by atoms with Crippen LogP contribution in [0.5, 0.6) is 0 Å². The third-order valence-corrected chi connectivity index (χ3v) is 2.99. The van der Waals surface area contributed by atoms with Crippen molar-refractivity contribution in [2.24, 2.45) is 0 Å². The maximum atomic E-state index is 4.39. The molecular weight excluding hydrogens is 174 g/mol. The lowest BCUT2D eigenvalue weighted by Crippen LogP contribution is -2.11. The number of aromatic nitrogens is 2. The van der Waals surface area contributed by atoms with Crippen LogP contribution in [0.25, 0.3) is 0 Å². The minimum atomic E-state index is 0.724. The molecule has 0 unspecified atom stereocenters. The van der Waals surface area contributed by atoms with Gasteiger partial charge in [0.1, 0.15) is 0 Å². The van der Waals surface area contributed by atoms with Crippen molar-refractivity contribution >= 4 is 0 Å². The first-order chi connectivity index (χ1) is 6.90. The van der Waals surface area contributed by atoms with Crippen LogP contribution in [0.2, 0.25) is 0 Å². The van der Waals surface area contributed by atoms with E-state index in [9.17, 15) is 0 Å². The molecule has 0 bridgehead atoms. The van der Waals surface area contributed by atoms with Gasteiger partial charge in [-0.1, -0.05) is 19.8 Å². The second kappa shape index (κ2) is 4.60. The van der Waals surface area contributed by atoms with E-state index in [0.717, 1.165) is 19.0 Å². The first-order valence-corrected chi connectivity index (χ1v) is 5.65. The molecule has 78 valence electrons. The molecule has 1 aliphatic carbocycles. The molecule has 1 aromatic heterocycles. The zero-order valence-corrected chi connectivity index (χ0v) is 8.84. The average molecular weight is 193 g/mol. The van der Waals surface area contributed by atoms with E-state index in [4.69, 9.17) is 0 Å². The molecule has 1 saturated carbocycles. The van der Waals surface area contributed by atoms with Gasteiger partial charge in [-0.05, 0) is 25.5 Å². The molecule has 0 aliphatic heterocycles. The van der Waals surface area contributed by atoms with Crippen LogP contribution < -0.4 is 5.32 Å². The van der Waals surface area contributed by atoms with Gasteiger partial charge in [-0.15, -0.1) is 0 Å². The van der Waals surface area contributed by atoms with E-state index in [-0.39, 0.29) is 0 Å². The number of H-pyrrole nitrogens is 1. The second-order valence-corrected chi connectivity index (χ2v) is 4.08. The van der Waals surface area contributed by atoms with E-state index in [1.807, 2.05) is 0 Å². The van der Waals surface area contributed by atoms with Gasteiger partial charge in [0.2, 0.25) is 0 Å². The Morgan fingerprint density at radius 2 is 2.29 bits per heavy atom. The van der Waals surface area contributed by atoms with Gasteiger partial charge in [0.15, 0.2) is 0 Å². The van der Waals surface area contributed by atoms with Gasteiger partial charge in [0.25, 0.3) is 0 Å². The fraction of sp³-hybridized carbons (Fsp3) is 0.727. The summed E-state index contributed by atoms with van der Waals surface area (Å²) in [5.74, 6) is 0.724. The molecule has 3 heteroatoms. The fourth-order valence-corrected chi connectivity index (χ4v) is 2.16. The Bertz CT molecular complexity index is 274. The number of nitrogens with zero attached hydrogens (tertiary/aromatic N) is 1. The molecule has 0 amide bonds. The molecule has 0 atom stereocenters. The first kappa shape index (κ1) is 9.71. The monoisotopic (exact) mass is 193 g/mol. The largest absolute Gasteiger partial charge is 0.311 e. The summed E-state index contributed by atoms with van der Waals surface area (Å²) in [5.41, 5.74) is 2.49. The van der Waals surface area contributed by atoms with Crippen molar-refractivity contribution in [3.05, 3.63) is 17.5 Å². The van der Waals surface area contributed by atoms with Gasteiger partial charge in [0.05, 0.1) is 5.69 Å². The molecule has 14 heavy (non-hydrogen) atoms. The molecule has 2 rings (SSSR count). The quantitative estimate of drug-likeness (QED) is 0.769. The molecular formula is C11H19N3. The Balaban J connectivity index is 1.94. The van der Waals surface area contributed by atoms with Crippen LogP contribution in [0, 0.1) is 0 Å². The Kier molecular flexibility index (Phi) is 3.19. The summed E-state index contributed by atoms with van der Waals surface area (Å²) >= 11 is 0. The lowest BCUT2D eigenvalue weighted by molar-refractivity contribution is 0.690. The molecule has 3 nitrogen and oxygen atoms in total. The van der Waals surface area contributed by atoms with Gasteiger partial charge in [-0.3, -0.25) is 5.10 Å². The molecule has 0 spiro atoms. The lowest BCUT2D eigenvalue weighted by Gasteiger charge is -2.02. The molecule has 0 saturated heterocycles. The van der Waals surface area contributed by atoms with E-state index in [2.05, 4.69) is 28.5 Å². The van der Waals surface area contributed by atoms with Crippen LogP contribution in [0.15, 0.2) is 6.07 Å². The van der Waals surface area contributed by atoms with Crippen LogP contribution in [0.3, 0.4) is 0 Å². The van der Waals surface area contributed by atoms with Crippen molar-refractivity contribution in [3.63, 3.8) is 0 Å². The van der Waals surface area contributed by atoms with Crippen LogP contribution >= 0.6 is 0 Å². The third kappa shape index (κ3) is 2.15. The summed E-state index contributed by atoms with van der Waals surface area (Å²) in [6.45, 7) is 4.04. The first-order valence-electron chi connectivity index (χ1n) is 5.65. The van der Waals surface area contributed by atoms with Gasteiger partial charge in [0, 0.05) is 18.2 Å². The van der Waals surface area contributed by atoms with Crippen LogP contribution in [-0.4, -0.2) is 16.7 Å². The summed E-state index contributed by atoms with van der Waals surface area (Å²) in [6.07, 6.45) is 5.40. The normalized spacial score (nSPS) is 17.8. The zero-order valence-electron chi connectivity index (χ0n) is 8.84. The molecule has 1 aliphatic rings. The maximum absolute atomic E-state index is 4.39. The highest BCUT2D eigenvalue weighted by atomic mass is 15.1. The zero-order chi connectivity index (χ0) is 9.80. The van der Waals surface area contributed by atoms with Gasteiger partial charge >= 0.3 is 0 Å². The lowest BCUT2D eigenvalue weighted by atomic mass is 10.0. The summed E-state index contributed by atoms with van der Waals surface area (Å²) in [4.78, 5) is 0. The van der Waals surface area contributed by atoms with E-state index >= 15 is 0 Å². The van der Waals surface area contributed by atoms with Crippen LogP contribution in [-0.2, 0) is 6.54 Å². The van der Waals surface area contributed by atoms with Crippen molar-refractivity contribution < 1.29 is 0 Å². The number of hydrogen-bond acceptors (Lipinski definition) is 2. The van der Waals surface area contributed by atoms with Gasteiger partial charge < -0.3 is 5.32 Å². The van der Waals surface area contributed by atoms with Gasteiger partial charge in [-0.25, -0.2) is 0 Å². The Morgan fingerprint density at radius 1 is 1.50 bits per heavy atom. The minimum absolute atomic E-state index is 0.724. The van der Waals surface area contributed by atoms with E-state index in [1.54, 1.807) is 0 Å². The van der Waals surface area contributed by atoms with Crippen LogP contribution in [0.1, 0.15) is 49.9 Å². The highest BCUT2D eigenvalue weighted by Gasteiger charge is 2.19. The van der Waals surface area contributed by atoms with E-state index in [0.29, 0.717) is 0 Å². The maximum Gasteiger partial charge on any atom is 0.0656 e. The summed E-state index contributed by atoms with van der Waals surface area (Å²) in [5, 5.41) is 10.8. The van der Waals surface area contributed by atoms with E-state index in [1.165, 1.54) is 37.1 Å². The summed E-state index contributed by atoms with van der Waals surface area (Å²) in [6, 6.07) is 2.22. The smallest absolute Gasteiger partial charge is 0.0656 e. The Hall–Kier alpha value is -0.830. The van der Waals surface area contributed by atoms with Crippen molar-refractivity contribution in [2.75, 3.05) is 6.54 Å². The topological polar surface area (TPSA) is 40.7 Å². The molecule has 0 radical (unpaired) electrons. The predicted molar refractivity (Wildman–Crippen MR) is 57.2 cm³/mol. The van der Waals surface area contributed by atoms with Crippen molar-refractivity contribution in [1.29, 1.82) is 0 Å². The van der Waals surface area contributed by atoms with E-state index < -0.39 is 0 Å². The average Bonchev–Trinajstić information content (AvgIpc) is 2.85. The van der Waals surface area contributed by atoms with Crippen molar-refractivity contribution in [3.8, 4) is 0 Å². The Labute approximate surface area is 85.3 Å². The number of rotatable bonds is 4. The Morgan fingerprint density at radius 3 is 3.00 bits per heavy atom. The summed E-state index contributed by atoms with van der Waals surface area (Å²) in [7, 11) is 0. The highest BCUT2D eigenvalue weighted by molar-refractivity contribution is 5.14. The number of hydrogen-bond donors (Lipinski definition) is 2. The van der Waals surface area contributed by atoms with Gasteiger partial charge in [-0.2, -0.15) is 5.10 Å². The SMILES string of the molecule is CCNCc1cc(C2CCCC2)n[nH]1. The predicted octanol–water partition coefficient (Wildman–Crippen LogP) is 2.18. The highest BCUT2D eigenvalue weighted by Crippen LogP contribution is 2.32. The minimum Gasteiger partial charge on any atom is -0.311 e. The molecule has 1 heterocycles. The number of aromatic amines is 1. The molecule has 1 aromatic rings. The summed E-state index contributed by atoms with van der Waals surface area (Å²) < 4.78 is 0. The second-order valence-electron chi connectivity index (χ2n) is 4.08. The van der Waals surface area contributed by atoms with Crippen molar-refractivity contribution in [2.45, 2.75) is 45.1 Å². The number of nitrogens with one attached hydrogen (secondary N) is 2. The van der Waals surface area contributed by atoms with Crippen molar-refractivity contribution in [1.82, 2.24) is 15.5 Å². The standard InChI is InChI=1S/C11H19N3/c1-2-12-8-10-7-11(14-13-10)9-5-3-4-6-9/h7,9,12H,2-6,8H2,1H3,(H,13,14). The third-order valence-electron chi connectivity index (χ3n) is 2.99. The molecule has 1 fully saturated rings. The fourth-order valence-electron chi connectivity index (χ4n) is 2.16. The van der Waals surface area contributed by atoms with Crippen LogP contribution in [0.4, 0.5) is 0 Å².